The van der Waals surface area contributed by atoms with E-state index in [4.69, 9.17) is 14.7 Å². The lowest BCUT2D eigenvalue weighted by Crippen LogP contribution is -2.19. The molecule has 6 aromatic heterocycles. The van der Waals surface area contributed by atoms with E-state index >= 15 is 0 Å². The molecular weight excluding hydrogens is 454 g/mol. The summed E-state index contributed by atoms with van der Waals surface area (Å²) < 4.78 is 5.85. The number of H-pyrrole nitrogens is 2. The predicted octanol–water partition coefficient (Wildman–Crippen LogP) is 3.96. The highest BCUT2D eigenvalue weighted by Gasteiger charge is 2.18. The molecule has 2 N–H and O–H groups in total. The monoisotopic (exact) mass is 477 g/mol. The average molecular weight is 478 g/mol. The number of rotatable bonds is 7. The molecule has 0 fully saturated rings. The van der Waals surface area contributed by atoms with Crippen molar-refractivity contribution < 1.29 is 4.74 Å². The van der Waals surface area contributed by atoms with Crippen molar-refractivity contribution in [2.24, 2.45) is 0 Å². The third kappa shape index (κ3) is 4.14. The fraction of sp³-hybridized carbons (Fsp3) is 0.154. The van der Waals surface area contributed by atoms with Crippen molar-refractivity contribution in [2.45, 2.75) is 0 Å². The van der Waals surface area contributed by atoms with Gasteiger partial charge in [0.1, 0.15) is 23.4 Å². The number of ether oxygens (including phenoxy) is 1. The molecule has 0 aromatic carbocycles. The van der Waals surface area contributed by atoms with Crippen LogP contribution < -0.4 is 4.74 Å². The van der Waals surface area contributed by atoms with E-state index in [2.05, 4.69) is 35.0 Å². The molecule has 10 heteroatoms. The third-order valence-corrected chi connectivity index (χ3v) is 5.77. The molecule has 0 saturated heterocycles. The third-order valence-electron chi connectivity index (χ3n) is 5.77. The standard InChI is InChI=1S/C26H23N9O/c1-35(2)11-12-36-17-13-16(14-27-15-17)19-6-7-21-23(30-19)24(34-33-21)26-31-22-18(8-10-29-25(22)32-26)20-5-3-4-9-28-20/h3-10,13-15H,11-12H2,1-2H3,(H,33,34)(H,29,31,32). The van der Waals surface area contributed by atoms with Gasteiger partial charge in [0.2, 0.25) is 0 Å². The second-order valence-corrected chi connectivity index (χ2v) is 8.58. The molecule has 36 heavy (non-hydrogen) atoms. The number of nitrogens with zero attached hydrogens (tertiary/aromatic N) is 7. The molecule has 178 valence electrons. The van der Waals surface area contributed by atoms with Crippen molar-refractivity contribution >= 4 is 22.2 Å². The Morgan fingerprint density at radius 1 is 0.917 bits per heavy atom. The second kappa shape index (κ2) is 9.16. The Labute approximate surface area is 206 Å². The molecule has 0 amide bonds. The number of likely N-dealkylation sites (N-methyl/N-ethyl adjacent to an activating group) is 1. The number of aromatic nitrogens is 8. The molecule has 0 bridgehead atoms. The van der Waals surface area contributed by atoms with Gasteiger partial charge in [-0.1, -0.05) is 6.07 Å². The summed E-state index contributed by atoms with van der Waals surface area (Å²) in [6.45, 7) is 1.40. The molecule has 10 nitrogen and oxygen atoms in total. The molecule has 0 unspecified atom stereocenters. The highest BCUT2D eigenvalue weighted by molar-refractivity contribution is 5.94. The predicted molar refractivity (Wildman–Crippen MR) is 137 cm³/mol. The minimum absolute atomic E-state index is 0.579. The van der Waals surface area contributed by atoms with Crippen LogP contribution in [-0.2, 0) is 0 Å². The van der Waals surface area contributed by atoms with E-state index in [-0.39, 0.29) is 0 Å². The van der Waals surface area contributed by atoms with Gasteiger partial charge in [0.05, 0.1) is 23.1 Å². The van der Waals surface area contributed by atoms with Crippen LogP contribution in [0.1, 0.15) is 0 Å². The molecule has 0 radical (unpaired) electrons. The van der Waals surface area contributed by atoms with E-state index in [0.29, 0.717) is 35.0 Å². The van der Waals surface area contributed by atoms with Crippen LogP contribution in [-0.4, -0.2) is 72.2 Å². The summed E-state index contributed by atoms with van der Waals surface area (Å²) in [6.07, 6.45) is 6.99. The van der Waals surface area contributed by atoms with Gasteiger partial charge in [-0.3, -0.25) is 15.1 Å². The van der Waals surface area contributed by atoms with Crippen LogP contribution in [0.25, 0.3) is 56.2 Å². The van der Waals surface area contributed by atoms with E-state index in [1.54, 1.807) is 24.8 Å². The molecule has 6 rings (SSSR count). The van der Waals surface area contributed by atoms with Crippen LogP contribution in [0.15, 0.2) is 67.3 Å². The van der Waals surface area contributed by atoms with E-state index in [1.807, 2.05) is 56.6 Å². The molecule has 0 atom stereocenters. The number of imidazole rings is 1. The van der Waals surface area contributed by atoms with Crippen molar-refractivity contribution in [3.05, 3.63) is 67.3 Å². The first-order chi connectivity index (χ1) is 17.7. The second-order valence-electron chi connectivity index (χ2n) is 8.58. The van der Waals surface area contributed by atoms with Gasteiger partial charge < -0.3 is 14.6 Å². The normalized spacial score (nSPS) is 11.5. The van der Waals surface area contributed by atoms with Crippen LogP contribution in [0, 0.1) is 0 Å². The first kappa shape index (κ1) is 21.8. The molecule has 0 aliphatic rings. The summed E-state index contributed by atoms with van der Waals surface area (Å²) in [5.41, 5.74) is 6.85. The van der Waals surface area contributed by atoms with E-state index in [1.165, 1.54) is 0 Å². The van der Waals surface area contributed by atoms with Gasteiger partial charge >= 0.3 is 0 Å². The van der Waals surface area contributed by atoms with Crippen molar-refractivity contribution in [2.75, 3.05) is 27.2 Å². The number of hydrogen-bond donors (Lipinski definition) is 2. The Morgan fingerprint density at radius 2 is 1.86 bits per heavy atom. The minimum atomic E-state index is 0.579. The van der Waals surface area contributed by atoms with Crippen molar-refractivity contribution in [1.29, 1.82) is 0 Å². The van der Waals surface area contributed by atoms with Crippen molar-refractivity contribution in [1.82, 2.24) is 45.0 Å². The number of nitrogens with one attached hydrogen (secondary N) is 2. The maximum Gasteiger partial charge on any atom is 0.162 e. The van der Waals surface area contributed by atoms with Crippen molar-refractivity contribution in [3.63, 3.8) is 0 Å². The maximum absolute atomic E-state index is 5.85. The zero-order valence-electron chi connectivity index (χ0n) is 19.8. The van der Waals surface area contributed by atoms with Crippen molar-refractivity contribution in [3.8, 4) is 39.8 Å². The van der Waals surface area contributed by atoms with Gasteiger partial charge in [-0.25, -0.2) is 15.0 Å². The fourth-order valence-corrected chi connectivity index (χ4v) is 3.96. The summed E-state index contributed by atoms with van der Waals surface area (Å²) in [5.74, 6) is 1.28. The van der Waals surface area contributed by atoms with Gasteiger partial charge in [-0.15, -0.1) is 0 Å². The summed E-state index contributed by atoms with van der Waals surface area (Å²) >= 11 is 0. The molecular formula is C26H23N9O. The molecule has 0 aliphatic carbocycles. The van der Waals surface area contributed by atoms with Gasteiger partial charge in [0.25, 0.3) is 0 Å². The lowest BCUT2D eigenvalue weighted by molar-refractivity contribution is 0.261. The fourth-order valence-electron chi connectivity index (χ4n) is 3.96. The van der Waals surface area contributed by atoms with Gasteiger partial charge in [-0.2, -0.15) is 5.10 Å². The van der Waals surface area contributed by atoms with E-state index in [0.717, 1.165) is 40.1 Å². The minimum Gasteiger partial charge on any atom is -0.491 e. The average Bonchev–Trinajstić information content (AvgIpc) is 3.53. The highest BCUT2D eigenvalue weighted by atomic mass is 16.5. The van der Waals surface area contributed by atoms with Crippen LogP contribution in [0.4, 0.5) is 0 Å². The van der Waals surface area contributed by atoms with Crippen LogP contribution >= 0.6 is 0 Å². The summed E-state index contributed by atoms with van der Waals surface area (Å²) in [7, 11) is 4.02. The van der Waals surface area contributed by atoms with Gasteiger partial charge in [-0.05, 0) is 50.5 Å². The quantitative estimate of drug-likeness (QED) is 0.354. The molecule has 6 heterocycles. The Morgan fingerprint density at radius 3 is 2.72 bits per heavy atom. The maximum atomic E-state index is 5.85. The zero-order valence-corrected chi connectivity index (χ0v) is 19.8. The number of hydrogen-bond acceptors (Lipinski definition) is 8. The molecule has 0 spiro atoms. The topological polar surface area (TPSA) is 121 Å². The zero-order chi connectivity index (χ0) is 24.5. The summed E-state index contributed by atoms with van der Waals surface area (Å²) in [5, 5.41) is 7.56. The first-order valence-corrected chi connectivity index (χ1v) is 11.5. The van der Waals surface area contributed by atoms with E-state index < -0.39 is 0 Å². The molecule has 0 saturated carbocycles. The SMILES string of the molecule is CN(C)CCOc1cncc(-c2ccc3[nH]nc(-c4nc5c(-c6ccccn6)ccnc5[nH]4)c3n2)c1. The summed E-state index contributed by atoms with van der Waals surface area (Å²) in [6, 6.07) is 13.5. The smallest absolute Gasteiger partial charge is 0.162 e. The van der Waals surface area contributed by atoms with Crippen LogP contribution in [0.2, 0.25) is 0 Å². The Bertz CT molecular complexity index is 1660. The van der Waals surface area contributed by atoms with Crippen LogP contribution in [0.5, 0.6) is 5.75 Å². The van der Waals surface area contributed by atoms with Gasteiger partial charge in [0.15, 0.2) is 17.2 Å². The van der Waals surface area contributed by atoms with E-state index in [9.17, 15) is 0 Å². The Balaban J connectivity index is 1.38. The highest BCUT2D eigenvalue weighted by Crippen LogP contribution is 2.30. The molecule has 6 aromatic rings. The largest absolute Gasteiger partial charge is 0.491 e. The van der Waals surface area contributed by atoms with Gasteiger partial charge in [0, 0.05) is 36.3 Å². The molecule has 0 aliphatic heterocycles. The number of aromatic amines is 2. The lowest BCUT2D eigenvalue weighted by Gasteiger charge is -2.11. The Hall–Kier alpha value is -4.70. The summed E-state index contributed by atoms with van der Waals surface area (Å²) in [4.78, 5) is 28.3. The van der Waals surface area contributed by atoms with Crippen LogP contribution in [0.3, 0.4) is 0 Å². The Kier molecular flexibility index (Phi) is 5.55. The lowest BCUT2D eigenvalue weighted by atomic mass is 10.1. The number of fused-ring (bicyclic) bond motifs is 2. The number of pyridine rings is 4. The first-order valence-electron chi connectivity index (χ1n) is 11.5.